The second kappa shape index (κ2) is 6.40. The molecule has 3 aromatic rings. The van der Waals surface area contributed by atoms with Crippen molar-refractivity contribution in [3.05, 3.63) is 46.3 Å². The monoisotopic (exact) mass is 396 g/mol. The molecule has 134 valence electrons. The molecule has 0 aliphatic carbocycles. The number of hydrogen-bond donors (Lipinski definition) is 1. The Hall–Kier alpha value is -2.84. The normalized spacial score (nSPS) is 17.6. The van der Waals surface area contributed by atoms with Crippen molar-refractivity contribution in [3.8, 4) is 21.9 Å². The van der Waals surface area contributed by atoms with Crippen molar-refractivity contribution >= 4 is 51.2 Å². The zero-order valence-electron chi connectivity index (χ0n) is 13.9. The Morgan fingerprint density at radius 2 is 2.04 bits per heavy atom. The van der Waals surface area contributed by atoms with E-state index in [1.807, 2.05) is 29.6 Å². The lowest BCUT2D eigenvalue weighted by atomic mass is 10.0. The van der Waals surface area contributed by atoms with Gasteiger partial charge < -0.3 is 9.47 Å². The Morgan fingerprint density at radius 1 is 1.15 bits per heavy atom. The predicted molar refractivity (Wildman–Crippen MR) is 105 cm³/mol. The van der Waals surface area contributed by atoms with Crippen LogP contribution in [0, 0.1) is 0 Å². The van der Waals surface area contributed by atoms with Gasteiger partial charge in [0.25, 0.3) is 11.1 Å². The summed E-state index contributed by atoms with van der Waals surface area (Å²) in [5.74, 6) is 1.16. The minimum atomic E-state index is -0.366. The van der Waals surface area contributed by atoms with Gasteiger partial charge in [-0.1, -0.05) is 6.07 Å². The first-order valence-electron chi connectivity index (χ1n) is 8.20. The molecule has 1 saturated heterocycles. The number of amides is 2. The van der Waals surface area contributed by atoms with Crippen LogP contribution in [0.2, 0.25) is 0 Å². The van der Waals surface area contributed by atoms with Crippen LogP contribution in [0.3, 0.4) is 0 Å². The molecule has 5 rings (SSSR count). The van der Waals surface area contributed by atoms with Crippen molar-refractivity contribution in [2.45, 2.75) is 0 Å². The molecule has 1 aromatic carbocycles. The predicted octanol–water partition coefficient (Wildman–Crippen LogP) is 4.06. The van der Waals surface area contributed by atoms with Crippen LogP contribution in [0.25, 0.3) is 27.4 Å². The minimum absolute atomic E-state index is 0.350. The Labute approximate surface area is 162 Å². The maximum atomic E-state index is 11.8. The average molecular weight is 396 g/mol. The van der Waals surface area contributed by atoms with Crippen molar-refractivity contribution in [1.82, 2.24) is 10.3 Å². The molecular formula is C19H12N2O4S2. The summed E-state index contributed by atoms with van der Waals surface area (Å²) >= 11 is 2.47. The maximum absolute atomic E-state index is 11.8. The number of nitrogens with zero attached hydrogens (tertiary/aromatic N) is 1. The van der Waals surface area contributed by atoms with Crippen molar-refractivity contribution in [3.63, 3.8) is 0 Å². The molecule has 2 aromatic heterocycles. The molecular weight excluding hydrogens is 384 g/mol. The Morgan fingerprint density at radius 3 is 2.89 bits per heavy atom. The number of hydrogen-bond acceptors (Lipinski definition) is 7. The Kier molecular flexibility index (Phi) is 3.87. The Balaban J connectivity index is 1.64. The second-order valence-corrected chi connectivity index (χ2v) is 7.84. The molecule has 1 fully saturated rings. The van der Waals surface area contributed by atoms with Gasteiger partial charge >= 0.3 is 0 Å². The molecule has 2 aliphatic heterocycles. The van der Waals surface area contributed by atoms with E-state index in [0.29, 0.717) is 18.1 Å². The zero-order chi connectivity index (χ0) is 18.4. The number of aromatic nitrogens is 1. The summed E-state index contributed by atoms with van der Waals surface area (Å²) in [6, 6.07) is 7.70. The van der Waals surface area contributed by atoms with Crippen molar-refractivity contribution in [2.24, 2.45) is 0 Å². The van der Waals surface area contributed by atoms with Gasteiger partial charge in [-0.25, -0.2) is 0 Å². The summed E-state index contributed by atoms with van der Waals surface area (Å²) in [5, 5.41) is 4.81. The minimum Gasteiger partial charge on any atom is -0.485 e. The van der Waals surface area contributed by atoms with E-state index in [1.54, 1.807) is 23.6 Å². The van der Waals surface area contributed by atoms with Crippen molar-refractivity contribution < 1.29 is 19.1 Å². The fraction of sp³-hybridized carbons (Fsp3) is 0.105. The van der Waals surface area contributed by atoms with Gasteiger partial charge in [0.2, 0.25) is 0 Å². The van der Waals surface area contributed by atoms with Crippen LogP contribution in [0.5, 0.6) is 11.5 Å². The number of carbonyl (C=O) groups is 2. The SMILES string of the molecule is O=C1NC(=O)C(=Cc2ccc3nccc(-c4scc5c4OCCO5)c3c2)S1. The van der Waals surface area contributed by atoms with E-state index in [1.165, 1.54) is 0 Å². The van der Waals surface area contributed by atoms with Gasteiger partial charge in [0.1, 0.15) is 13.2 Å². The topological polar surface area (TPSA) is 77.5 Å². The van der Waals surface area contributed by atoms with Gasteiger partial charge in [-0.05, 0) is 41.6 Å². The molecule has 0 saturated carbocycles. The molecule has 1 N–H and O–H groups in total. The molecule has 2 amide bonds. The first-order chi connectivity index (χ1) is 13.2. The van der Waals surface area contributed by atoms with E-state index in [2.05, 4.69) is 10.3 Å². The highest BCUT2D eigenvalue weighted by atomic mass is 32.2. The molecule has 2 aliphatic rings. The highest BCUT2D eigenvalue weighted by Gasteiger charge is 2.25. The lowest BCUT2D eigenvalue weighted by Crippen LogP contribution is -2.17. The third-order valence-corrected chi connectivity index (χ3v) is 6.03. The first-order valence-corrected chi connectivity index (χ1v) is 9.90. The number of benzene rings is 1. The molecule has 0 spiro atoms. The third-order valence-electron chi connectivity index (χ3n) is 4.25. The Bertz CT molecular complexity index is 1140. The second-order valence-electron chi connectivity index (χ2n) is 5.94. The van der Waals surface area contributed by atoms with Gasteiger partial charge in [0.15, 0.2) is 11.5 Å². The molecule has 4 heterocycles. The zero-order valence-corrected chi connectivity index (χ0v) is 15.5. The van der Waals surface area contributed by atoms with Crippen molar-refractivity contribution in [1.29, 1.82) is 0 Å². The lowest BCUT2D eigenvalue weighted by Gasteiger charge is -2.16. The number of rotatable bonds is 2. The van der Waals surface area contributed by atoms with E-state index in [4.69, 9.17) is 9.47 Å². The quantitative estimate of drug-likeness (QED) is 0.659. The number of pyridine rings is 1. The van der Waals surface area contributed by atoms with Crippen LogP contribution in [0.4, 0.5) is 4.79 Å². The van der Waals surface area contributed by atoms with Crippen LogP contribution in [-0.2, 0) is 4.79 Å². The fourth-order valence-electron chi connectivity index (χ4n) is 3.07. The van der Waals surface area contributed by atoms with Gasteiger partial charge in [-0.3, -0.25) is 19.9 Å². The van der Waals surface area contributed by atoms with Crippen LogP contribution < -0.4 is 14.8 Å². The lowest BCUT2D eigenvalue weighted by molar-refractivity contribution is -0.115. The molecule has 8 heteroatoms. The average Bonchev–Trinajstić information content (AvgIpc) is 3.24. The van der Waals surface area contributed by atoms with Gasteiger partial charge in [0.05, 0.1) is 15.3 Å². The highest BCUT2D eigenvalue weighted by Crippen LogP contribution is 2.47. The summed E-state index contributed by atoms with van der Waals surface area (Å²) in [7, 11) is 0. The van der Waals surface area contributed by atoms with Gasteiger partial charge in [-0.2, -0.15) is 0 Å². The molecule has 6 nitrogen and oxygen atoms in total. The van der Waals surface area contributed by atoms with Crippen LogP contribution in [-0.4, -0.2) is 29.3 Å². The molecule has 0 radical (unpaired) electrons. The van der Waals surface area contributed by atoms with E-state index >= 15 is 0 Å². The third kappa shape index (κ3) is 2.87. The summed E-state index contributed by atoms with van der Waals surface area (Å²) in [6.45, 7) is 1.08. The van der Waals surface area contributed by atoms with E-state index in [-0.39, 0.29) is 11.1 Å². The summed E-state index contributed by atoms with van der Waals surface area (Å²) in [4.78, 5) is 29.0. The number of ether oxygens (including phenoxy) is 2. The number of imide groups is 1. The van der Waals surface area contributed by atoms with E-state index in [9.17, 15) is 9.59 Å². The summed E-state index contributed by atoms with van der Waals surface area (Å²) in [5.41, 5.74) is 2.66. The smallest absolute Gasteiger partial charge is 0.290 e. The number of carbonyl (C=O) groups excluding carboxylic acids is 2. The van der Waals surface area contributed by atoms with Crippen LogP contribution >= 0.6 is 23.1 Å². The van der Waals surface area contributed by atoms with E-state index < -0.39 is 0 Å². The molecule has 0 atom stereocenters. The van der Waals surface area contributed by atoms with Crippen LogP contribution in [0.15, 0.2) is 40.7 Å². The molecule has 0 bridgehead atoms. The van der Waals surface area contributed by atoms with Gasteiger partial charge in [0, 0.05) is 22.5 Å². The maximum Gasteiger partial charge on any atom is 0.290 e. The summed E-state index contributed by atoms with van der Waals surface area (Å²) < 4.78 is 11.5. The summed E-state index contributed by atoms with van der Waals surface area (Å²) in [6.07, 6.45) is 3.48. The van der Waals surface area contributed by atoms with Gasteiger partial charge in [-0.15, -0.1) is 11.3 Å². The van der Waals surface area contributed by atoms with Crippen LogP contribution in [0.1, 0.15) is 5.56 Å². The highest BCUT2D eigenvalue weighted by molar-refractivity contribution is 8.18. The number of fused-ring (bicyclic) bond motifs is 2. The fourth-order valence-corrected chi connectivity index (χ4v) is 4.73. The van der Waals surface area contributed by atoms with Crippen molar-refractivity contribution in [2.75, 3.05) is 13.2 Å². The number of thioether (sulfide) groups is 1. The largest absolute Gasteiger partial charge is 0.485 e. The number of thiophene rings is 1. The molecule has 27 heavy (non-hydrogen) atoms. The van der Waals surface area contributed by atoms with E-state index in [0.717, 1.165) is 50.2 Å². The first kappa shape index (κ1) is 16.3. The number of nitrogens with one attached hydrogen (secondary N) is 1. The standard InChI is InChI=1S/C19H12N2O4S2/c22-18-15(27-19(23)21-18)8-10-1-2-13-12(7-10)11(3-4-20-13)17-16-14(9-26-17)24-5-6-25-16/h1-4,7-9H,5-6H2,(H,21,22,23). The molecule has 0 unspecified atom stereocenters.